The fourth-order valence-corrected chi connectivity index (χ4v) is 2.14. The van der Waals surface area contributed by atoms with Crippen molar-refractivity contribution in [3.63, 3.8) is 0 Å². The lowest BCUT2D eigenvalue weighted by atomic mass is 10.1. The third-order valence-corrected chi connectivity index (χ3v) is 3.68. The number of hydrogen-bond donors (Lipinski definition) is 2. The first kappa shape index (κ1) is 14.7. The topological polar surface area (TPSA) is 55.1 Å². The number of nitrogens with two attached hydrogens (primary N) is 1. The van der Waals surface area contributed by atoms with E-state index in [9.17, 15) is 4.79 Å². The molecule has 0 atom stereocenters. The van der Waals surface area contributed by atoms with Crippen LogP contribution in [0.2, 0.25) is 10.0 Å². The van der Waals surface area contributed by atoms with Crippen molar-refractivity contribution in [1.29, 1.82) is 0 Å². The van der Waals surface area contributed by atoms with Crippen molar-refractivity contribution in [1.82, 2.24) is 5.32 Å². The Morgan fingerprint density at radius 3 is 2.50 bits per heavy atom. The van der Waals surface area contributed by atoms with Crippen molar-refractivity contribution in [3.05, 3.63) is 63.6 Å². The minimum absolute atomic E-state index is 0.216. The van der Waals surface area contributed by atoms with E-state index in [1.807, 2.05) is 30.3 Å². The second-order valence-electron chi connectivity index (χ2n) is 4.35. The highest BCUT2D eigenvalue weighted by atomic mass is 35.5. The molecular formula is C15H14Cl2N2O. The molecule has 0 heterocycles. The number of amides is 1. The predicted molar refractivity (Wildman–Crippen MR) is 83.4 cm³/mol. The molecular weight excluding hydrogens is 295 g/mol. The fraction of sp³-hybridized carbons (Fsp3) is 0.133. The Balaban J connectivity index is 1.95. The van der Waals surface area contributed by atoms with Crippen molar-refractivity contribution in [2.45, 2.75) is 6.42 Å². The lowest BCUT2D eigenvalue weighted by molar-refractivity contribution is 0.0954. The molecule has 0 spiro atoms. The third-order valence-electron chi connectivity index (χ3n) is 2.86. The lowest BCUT2D eigenvalue weighted by Crippen LogP contribution is -2.25. The second kappa shape index (κ2) is 6.64. The van der Waals surface area contributed by atoms with Crippen LogP contribution in [0.5, 0.6) is 0 Å². The summed E-state index contributed by atoms with van der Waals surface area (Å²) in [6.45, 7) is 0.545. The minimum atomic E-state index is -0.216. The van der Waals surface area contributed by atoms with Gasteiger partial charge in [0.1, 0.15) is 0 Å². The molecule has 2 rings (SSSR count). The Bertz CT molecular complexity index is 592. The summed E-state index contributed by atoms with van der Waals surface area (Å²) in [5.41, 5.74) is 7.56. The van der Waals surface area contributed by atoms with Gasteiger partial charge in [0, 0.05) is 12.1 Å². The smallest absolute Gasteiger partial charge is 0.251 e. The number of halogens is 2. The highest BCUT2D eigenvalue weighted by Gasteiger charge is 2.10. The zero-order valence-electron chi connectivity index (χ0n) is 10.7. The molecule has 0 aliphatic carbocycles. The third kappa shape index (κ3) is 3.65. The van der Waals surface area contributed by atoms with Crippen LogP contribution in [0, 0.1) is 0 Å². The molecule has 5 heteroatoms. The van der Waals surface area contributed by atoms with Crippen LogP contribution in [0.3, 0.4) is 0 Å². The molecule has 0 bridgehead atoms. The quantitative estimate of drug-likeness (QED) is 0.849. The highest BCUT2D eigenvalue weighted by molar-refractivity contribution is 6.43. The molecule has 1 amide bonds. The molecule has 0 aromatic heterocycles. The van der Waals surface area contributed by atoms with Gasteiger partial charge in [0.05, 0.1) is 15.7 Å². The number of nitrogens with one attached hydrogen (secondary N) is 1. The van der Waals surface area contributed by atoms with Crippen LogP contribution in [-0.2, 0) is 6.42 Å². The number of rotatable bonds is 4. The molecule has 0 radical (unpaired) electrons. The predicted octanol–water partition coefficient (Wildman–Crippen LogP) is 3.55. The molecule has 0 aliphatic heterocycles. The zero-order valence-corrected chi connectivity index (χ0v) is 12.2. The van der Waals surface area contributed by atoms with E-state index in [2.05, 4.69) is 5.32 Å². The van der Waals surface area contributed by atoms with Gasteiger partial charge in [-0.1, -0.05) is 53.5 Å². The van der Waals surface area contributed by atoms with Gasteiger partial charge in [-0.15, -0.1) is 0 Å². The molecule has 104 valence electrons. The number of hydrogen-bond acceptors (Lipinski definition) is 2. The zero-order chi connectivity index (χ0) is 14.5. The number of carbonyl (C=O) groups excluding carboxylic acids is 1. The normalized spacial score (nSPS) is 10.3. The summed E-state index contributed by atoms with van der Waals surface area (Å²) < 4.78 is 0. The SMILES string of the molecule is Nc1cc(C(=O)NCCc2ccccc2)cc(Cl)c1Cl. The van der Waals surface area contributed by atoms with E-state index >= 15 is 0 Å². The molecule has 0 aliphatic rings. The highest BCUT2D eigenvalue weighted by Crippen LogP contribution is 2.29. The van der Waals surface area contributed by atoms with E-state index < -0.39 is 0 Å². The summed E-state index contributed by atoms with van der Waals surface area (Å²) in [4.78, 5) is 12.0. The summed E-state index contributed by atoms with van der Waals surface area (Å²) in [5, 5.41) is 3.37. The monoisotopic (exact) mass is 308 g/mol. The minimum Gasteiger partial charge on any atom is -0.397 e. The van der Waals surface area contributed by atoms with Crippen LogP contribution in [-0.4, -0.2) is 12.5 Å². The number of nitrogen functional groups attached to an aromatic ring is 1. The first-order valence-corrected chi connectivity index (χ1v) is 6.90. The van der Waals surface area contributed by atoms with Gasteiger partial charge in [0.25, 0.3) is 5.91 Å². The Hall–Kier alpha value is -1.71. The maximum absolute atomic E-state index is 12.0. The van der Waals surface area contributed by atoms with E-state index in [0.29, 0.717) is 17.8 Å². The van der Waals surface area contributed by atoms with Crippen molar-refractivity contribution in [2.75, 3.05) is 12.3 Å². The molecule has 20 heavy (non-hydrogen) atoms. The van der Waals surface area contributed by atoms with E-state index in [1.165, 1.54) is 17.7 Å². The van der Waals surface area contributed by atoms with Gasteiger partial charge in [-0.3, -0.25) is 4.79 Å². The van der Waals surface area contributed by atoms with Crippen LogP contribution in [0.15, 0.2) is 42.5 Å². The number of benzene rings is 2. The van der Waals surface area contributed by atoms with Crippen molar-refractivity contribution in [2.24, 2.45) is 0 Å². The van der Waals surface area contributed by atoms with Crippen LogP contribution >= 0.6 is 23.2 Å². The summed E-state index contributed by atoms with van der Waals surface area (Å²) in [6, 6.07) is 13.0. The first-order chi connectivity index (χ1) is 9.58. The maximum Gasteiger partial charge on any atom is 0.251 e. The van der Waals surface area contributed by atoms with Gasteiger partial charge in [0.15, 0.2) is 0 Å². The second-order valence-corrected chi connectivity index (χ2v) is 5.14. The maximum atomic E-state index is 12.0. The molecule has 2 aromatic rings. The van der Waals surface area contributed by atoms with E-state index in [0.717, 1.165) is 6.42 Å². The molecule has 2 aromatic carbocycles. The Labute approximate surface area is 127 Å². The van der Waals surface area contributed by atoms with Crippen molar-refractivity contribution >= 4 is 34.8 Å². The van der Waals surface area contributed by atoms with Crippen molar-refractivity contribution in [3.8, 4) is 0 Å². The van der Waals surface area contributed by atoms with Crippen LogP contribution in [0.1, 0.15) is 15.9 Å². The average molecular weight is 309 g/mol. The largest absolute Gasteiger partial charge is 0.397 e. The summed E-state index contributed by atoms with van der Waals surface area (Å²) in [5.74, 6) is -0.216. The fourth-order valence-electron chi connectivity index (χ4n) is 1.81. The Kier molecular flexibility index (Phi) is 4.88. The Morgan fingerprint density at radius 2 is 1.85 bits per heavy atom. The van der Waals surface area contributed by atoms with Gasteiger partial charge in [-0.25, -0.2) is 0 Å². The number of anilines is 1. The van der Waals surface area contributed by atoms with Gasteiger partial charge >= 0.3 is 0 Å². The molecule has 3 N–H and O–H groups in total. The lowest BCUT2D eigenvalue weighted by Gasteiger charge is -2.08. The summed E-state index contributed by atoms with van der Waals surface area (Å²) in [7, 11) is 0. The molecule has 0 saturated carbocycles. The van der Waals surface area contributed by atoms with Crippen LogP contribution < -0.4 is 11.1 Å². The van der Waals surface area contributed by atoms with Gasteiger partial charge in [0.2, 0.25) is 0 Å². The van der Waals surface area contributed by atoms with E-state index in [-0.39, 0.29) is 16.0 Å². The molecule has 3 nitrogen and oxygen atoms in total. The van der Waals surface area contributed by atoms with Gasteiger partial charge in [-0.2, -0.15) is 0 Å². The molecule has 0 saturated heterocycles. The van der Waals surface area contributed by atoms with Crippen LogP contribution in [0.25, 0.3) is 0 Å². The van der Waals surface area contributed by atoms with Crippen LogP contribution in [0.4, 0.5) is 5.69 Å². The Morgan fingerprint density at radius 1 is 1.15 bits per heavy atom. The van der Waals surface area contributed by atoms with E-state index in [1.54, 1.807) is 0 Å². The van der Waals surface area contributed by atoms with E-state index in [4.69, 9.17) is 28.9 Å². The molecule has 0 fully saturated rings. The molecule has 0 unspecified atom stereocenters. The first-order valence-electron chi connectivity index (χ1n) is 6.14. The number of carbonyl (C=O) groups is 1. The standard InChI is InChI=1S/C15H14Cl2N2O/c16-12-8-11(9-13(18)14(12)17)15(20)19-7-6-10-4-2-1-3-5-10/h1-5,8-9H,6-7,18H2,(H,19,20). The van der Waals surface area contributed by atoms with Gasteiger partial charge in [-0.05, 0) is 24.1 Å². The van der Waals surface area contributed by atoms with Gasteiger partial charge < -0.3 is 11.1 Å². The average Bonchev–Trinajstić information content (AvgIpc) is 2.45. The summed E-state index contributed by atoms with van der Waals surface area (Å²) in [6.07, 6.45) is 0.767. The van der Waals surface area contributed by atoms with Crippen molar-refractivity contribution < 1.29 is 4.79 Å². The summed E-state index contributed by atoms with van der Waals surface area (Å²) >= 11 is 11.8.